The van der Waals surface area contributed by atoms with Crippen LogP contribution in [0.5, 0.6) is 11.5 Å². The molecule has 31 heavy (non-hydrogen) atoms. The average molecular weight is 418 g/mol. The van der Waals surface area contributed by atoms with E-state index in [0.29, 0.717) is 16.8 Å². The summed E-state index contributed by atoms with van der Waals surface area (Å²) in [5, 5.41) is 27.0. The zero-order valence-electron chi connectivity index (χ0n) is 17.0. The summed E-state index contributed by atoms with van der Waals surface area (Å²) in [6.45, 7) is 2.26. The summed E-state index contributed by atoms with van der Waals surface area (Å²) in [4.78, 5) is 25.7. The Hall–Kier alpha value is -4.07. The minimum atomic E-state index is -0.802. The summed E-state index contributed by atoms with van der Waals surface area (Å²) >= 11 is 0. The summed E-state index contributed by atoms with van der Waals surface area (Å²) in [5.74, 6) is -1.16. The summed E-state index contributed by atoms with van der Waals surface area (Å²) in [5.41, 5.74) is 2.92. The first-order chi connectivity index (χ1) is 14.9. The van der Waals surface area contributed by atoms with Gasteiger partial charge in [-0.1, -0.05) is 42.0 Å². The Labute approximate surface area is 178 Å². The standard InChI is InChI=1S/C23H21N3O5/c1-14-7-9-15(10-8-14)13-25-22(24-18-6-4-3-5-17(18)23(25)28)16-11-19(26(29)30)21(27)20(12-16)31-2/h3-12,22,24,27H,13H2,1-2H3/p-1/t22-/m0/s1. The minimum Gasteiger partial charge on any atom is -0.865 e. The van der Waals surface area contributed by atoms with Crippen LogP contribution in [0.2, 0.25) is 0 Å². The Kier molecular flexibility index (Phi) is 5.21. The summed E-state index contributed by atoms with van der Waals surface area (Å²) in [6, 6.07) is 17.5. The van der Waals surface area contributed by atoms with Crippen LogP contribution in [0.15, 0.2) is 60.7 Å². The number of nitro benzene ring substituents is 1. The Balaban J connectivity index is 1.83. The van der Waals surface area contributed by atoms with Crippen molar-refractivity contribution in [3.8, 4) is 11.5 Å². The molecule has 0 saturated carbocycles. The molecule has 3 aromatic rings. The molecular weight excluding hydrogens is 398 g/mol. The maximum absolute atomic E-state index is 13.4. The summed E-state index contributed by atoms with van der Waals surface area (Å²) < 4.78 is 5.08. The molecule has 3 aromatic carbocycles. The number of nitro groups is 1. The van der Waals surface area contributed by atoms with E-state index < -0.39 is 22.5 Å². The molecule has 0 spiro atoms. The molecule has 4 rings (SSSR count). The maximum atomic E-state index is 13.4. The molecule has 158 valence electrons. The molecular formula is C23H20N3O5-. The third kappa shape index (κ3) is 3.75. The number of aryl methyl sites for hydroxylation is 1. The van der Waals surface area contributed by atoms with Crippen molar-refractivity contribution in [2.75, 3.05) is 12.4 Å². The number of methoxy groups -OCH3 is 1. The van der Waals surface area contributed by atoms with Gasteiger partial charge in [0, 0.05) is 29.6 Å². The molecule has 8 heteroatoms. The van der Waals surface area contributed by atoms with Crippen molar-refractivity contribution in [2.24, 2.45) is 0 Å². The number of ether oxygens (including phenoxy) is 1. The number of para-hydroxylation sites is 1. The van der Waals surface area contributed by atoms with Crippen LogP contribution >= 0.6 is 0 Å². The van der Waals surface area contributed by atoms with Gasteiger partial charge in [0.15, 0.2) is 0 Å². The summed E-state index contributed by atoms with van der Waals surface area (Å²) in [6.07, 6.45) is -0.725. The first-order valence-corrected chi connectivity index (χ1v) is 9.64. The molecule has 0 aromatic heterocycles. The van der Waals surface area contributed by atoms with Crippen LogP contribution in [-0.4, -0.2) is 22.8 Å². The van der Waals surface area contributed by atoms with E-state index in [2.05, 4.69) is 5.32 Å². The predicted octanol–water partition coefficient (Wildman–Crippen LogP) is 3.75. The van der Waals surface area contributed by atoms with Gasteiger partial charge in [-0.15, -0.1) is 0 Å². The molecule has 1 aliphatic rings. The number of benzene rings is 3. The molecule has 1 atom stereocenters. The molecule has 0 fully saturated rings. The van der Waals surface area contributed by atoms with E-state index in [-0.39, 0.29) is 18.2 Å². The molecule has 1 amide bonds. The number of anilines is 1. The number of fused-ring (bicyclic) bond motifs is 1. The molecule has 0 aliphatic carbocycles. The Morgan fingerprint density at radius 3 is 2.52 bits per heavy atom. The molecule has 8 nitrogen and oxygen atoms in total. The van der Waals surface area contributed by atoms with Gasteiger partial charge in [0.1, 0.15) is 11.9 Å². The molecule has 0 radical (unpaired) electrons. The molecule has 1 N–H and O–H groups in total. The van der Waals surface area contributed by atoms with E-state index in [1.54, 1.807) is 29.2 Å². The van der Waals surface area contributed by atoms with Crippen molar-refractivity contribution in [3.05, 3.63) is 93.0 Å². The van der Waals surface area contributed by atoms with Crippen LogP contribution in [0.4, 0.5) is 11.4 Å². The molecule has 0 bridgehead atoms. The number of hydrogen-bond donors (Lipinski definition) is 1. The number of hydrogen-bond acceptors (Lipinski definition) is 6. The molecule has 1 heterocycles. The second-order valence-corrected chi connectivity index (χ2v) is 7.34. The van der Waals surface area contributed by atoms with Crippen molar-refractivity contribution in [1.29, 1.82) is 0 Å². The highest BCUT2D eigenvalue weighted by atomic mass is 16.6. The van der Waals surface area contributed by atoms with Gasteiger partial charge >= 0.3 is 0 Å². The highest BCUT2D eigenvalue weighted by Gasteiger charge is 2.34. The topological polar surface area (TPSA) is 108 Å². The van der Waals surface area contributed by atoms with Gasteiger partial charge in [-0.3, -0.25) is 14.9 Å². The van der Waals surface area contributed by atoms with Gasteiger partial charge in [0.2, 0.25) is 0 Å². The van der Waals surface area contributed by atoms with E-state index in [1.165, 1.54) is 19.2 Å². The van der Waals surface area contributed by atoms with Crippen LogP contribution in [0, 0.1) is 17.0 Å². The summed E-state index contributed by atoms with van der Waals surface area (Å²) in [7, 11) is 1.28. The van der Waals surface area contributed by atoms with Crippen molar-refractivity contribution in [1.82, 2.24) is 4.90 Å². The average Bonchev–Trinajstić information content (AvgIpc) is 2.77. The van der Waals surface area contributed by atoms with Gasteiger partial charge in [-0.05, 0) is 30.7 Å². The van der Waals surface area contributed by atoms with Gasteiger partial charge < -0.3 is 20.1 Å². The predicted molar refractivity (Wildman–Crippen MR) is 113 cm³/mol. The zero-order valence-corrected chi connectivity index (χ0v) is 17.0. The number of amides is 1. The van der Waals surface area contributed by atoms with Crippen LogP contribution < -0.4 is 15.2 Å². The van der Waals surface area contributed by atoms with Gasteiger partial charge in [0.25, 0.3) is 11.6 Å². The van der Waals surface area contributed by atoms with Crippen molar-refractivity contribution >= 4 is 17.3 Å². The van der Waals surface area contributed by atoms with Gasteiger partial charge in [-0.25, -0.2) is 0 Å². The lowest BCUT2D eigenvalue weighted by atomic mass is 10.0. The Bertz CT molecular complexity index is 1160. The normalized spacial score (nSPS) is 15.2. The lowest BCUT2D eigenvalue weighted by molar-refractivity contribution is -0.398. The van der Waals surface area contributed by atoms with Gasteiger partial charge in [-0.2, -0.15) is 0 Å². The Morgan fingerprint density at radius 2 is 1.84 bits per heavy atom. The number of nitrogens with zero attached hydrogens (tertiary/aromatic N) is 2. The first kappa shape index (κ1) is 20.2. The number of rotatable bonds is 5. The van der Waals surface area contributed by atoms with E-state index in [4.69, 9.17) is 4.74 Å². The largest absolute Gasteiger partial charge is 0.865 e. The fraction of sp³-hybridized carbons (Fsp3) is 0.174. The lowest BCUT2D eigenvalue weighted by Gasteiger charge is -2.38. The first-order valence-electron chi connectivity index (χ1n) is 9.64. The highest BCUT2D eigenvalue weighted by Crippen LogP contribution is 2.40. The SMILES string of the molecule is COc1cc([C@H]2Nc3ccccc3C(=O)N2Cc2ccc(C)cc2)cc([N+](=O)[O-])c1[O-]. The number of nitrogens with one attached hydrogen (secondary N) is 1. The molecule has 0 unspecified atom stereocenters. The van der Waals surface area contributed by atoms with Crippen molar-refractivity contribution in [2.45, 2.75) is 19.6 Å². The highest BCUT2D eigenvalue weighted by molar-refractivity contribution is 6.01. The third-order valence-electron chi connectivity index (χ3n) is 5.29. The Morgan fingerprint density at radius 1 is 1.13 bits per heavy atom. The smallest absolute Gasteiger partial charge is 0.265 e. The third-order valence-corrected chi connectivity index (χ3v) is 5.29. The molecule has 0 saturated heterocycles. The van der Waals surface area contributed by atoms with E-state index in [1.807, 2.05) is 31.2 Å². The monoisotopic (exact) mass is 418 g/mol. The van der Waals surface area contributed by atoms with E-state index in [9.17, 15) is 20.0 Å². The quantitative estimate of drug-likeness (QED) is 0.499. The number of carbonyl (C=O) groups excluding carboxylic acids is 1. The van der Waals surface area contributed by atoms with Gasteiger partial charge in [0.05, 0.1) is 17.6 Å². The lowest BCUT2D eigenvalue weighted by Crippen LogP contribution is -2.42. The fourth-order valence-corrected chi connectivity index (χ4v) is 3.66. The van der Waals surface area contributed by atoms with Crippen LogP contribution in [0.3, 0.4) is 0 Å². The van der Waals surface area contributed by atoms with Crippen LogP contribution in [0.1, 0.15) is 33.2 Å². The fourth-order valence-electron chi connectivity index (χ4n) is 3.66. The minimum absolute atomic E-state index is 0.146. The van der Waals surface area contributed by atoms with Crippen LogP contribution in [0.25, 0.3) is 0 Å². The zero-order chi connectivity index (χ0) is 22.1. The maximum Gasteiger partial charge on any atom is 0.265 e. The molecule has 1 aliphatic heterocycles. The second kappa shape index (κ2) is 7.98. The second-order valence-electron chi connectivity index (χ2n) is 7.34. The van der Waals surface area contributed by atoms with E-state index >= 15 is 0 Å². The van der Waals surface area contributed by atoms with Crippen LogP contribution in [-0.2, 0) is 6.54 Å². The van der Waals surface area contributed by atoms with E-state index in [0.717, 1.165) is 11.1 Å². The van der Waals surface area contributed by atoms with Crippen molar-refractivity contribution < 1.29 is 19.6 Å². The van der Waals surface area contributed by atoms with Crippen molar-refractivity contribution in [3.63, 3.8) is 0 Å². The number of carbonyl (C=O) groups is 1.